The van der Waals surface area contributed by atoms with Gasteiger partial charge >= 0.3 is 0 Å². The van der Waals surface area contributed by atoms with Crippen LogP contribution in [0.4, 0.5) is 0 Å². The van der Waals surface area contributed by atoms with Crippen molar-refractivity contribution in [2.24, 2.45) is 0 Å². The van der Waals surface area contributed by atoms with E-state index >= 15 is 0 Å². The molecule has 25 heavy (non-hydrogen) atoms. The number of thioether (sulfide) groups is 1. The van der Waals surface area contributed by atoms with E-state index < -0.39 is 0 Å². The van der Waals surface area contributed by atoms with Crippen molar-refractivity contribution in [3.05, 3.63) is 66.7 Å². The molecule has 0 atom stereocenters. The fourth-order valence-electron chi connectivity index (χ4n) is 2.82. The van der Waals surface area contributed by atoms with E-state index in [1.807, 2.05) is 30.5 Å². The molecule has 0 aliphatic heterocycles. The Bertz CT molecular complexity index is 1200. The molecule has 5 aromatic rings. The lowest BCUT2D eigenvalue weighted by Crippen LogP contribution is -1.86. The Hall–Kier alpha value is -2.57. The van der Waals surface area contributed by atoms with Crippen LogP contribution in [0, 0.1) is 0 Å². The number of fused-ring (bicyclic) bond motifs is 4. The minimum atomic E-state index is 0.837. The first-order valence-corrected chi connectivity index (χ1v) is 9.63. The molecule has 1 aromatic carbocycles. The van der Waals surface area contributed by atoms with E-state index in [1.54, 1.807) is 35.6 Å². The normalized spacial score (nSPS) is 11.5. The summed E-state index contributed by atoms with van der Waals surface area (Å²) in [5.41, 5.74) is 3.19. The third kappa shape index (κ3) is 2.63. The average Bonchev–Trinajstić information content (AvgIpc) is 3.03. The van der Waals surface area contributed by atoms with Crippen LogP contribution in [0.5, 0.6) is 0 Å². The van der Waals surface area contributed by atoms with Gasteiger partial charge in [0.2, 0.25) is 0 Å². The molecule has 0 spiro atoms. The van der Waals surface area contributed by atoms with Crippen molar-refractivity contribution in [2.75, 3.05) is 0 Å². The van der Waals surface area contributed by atoms with Gasteiger partial charge in [-0.25, -0.2) is 15.0 Å². The van der Waals surface area contributed by atoms with E-state index in [9.17, 15) is 0 Å². The fraction of sp³-hybridized carbons (Fsp3) is 0.0526. The third-order valence-corrected chi connectivity index (χ3v) is 6.30. The van der Waals surface area contributed by atoms with Crippen LogP contribution in [-0.2, 0) is 5.75 Å². The molecule has 0 aliphatic rings. The summed E-state index contributed by atoms with van der Waals surface area (Å²) < 4.78 is 1.11. The summed E-state index contributed by atoms with van der Waals surface area (Å²) in [5, 5.41) is 3.24. The monoisotopic (exact) mass is 360 g/mol. The van der Waals surface area contributed by atoms with Gasteiger partial charge in [-0.2, -0.15) is 0 Å². The number of hydrogen-bond donors (Lipinski definition) is 0. The number of thiophene rings is 1. The molecule has 0 saturated heterocycles. The number of benzene rings is 1. The standard InChI is InChI=1S/C19H12N4S2/c1-2-6-15-13(5-1)8-14-16-17(25-18(14)23-15)19(22-11-21-16)24-10-12-4-3-7-20-9-12/h1-9,11H,10H2. The van der Waals surface area contributed by atoms with Crippen LogP contribution in [0.1, 0.15) is 5.56 Å². The van der Waals surface area contributed by atoms with E-state index in [0.717, 1.165) is 42.1 Å². The molecule has 0 N–H and O–H groups in total. The highest BCUT2D eigenvalue weighted by Crippen LogP contribution is 2.38. The predicted octanol–water partition coefficient (Wildman–Crippen LogP) is 5.08. The first-order chi connectivity index (χ1) is 12.4. The summed E-state index contributed by atoms with van der Waals surface area (Å²) in [6.07, 6.45) is 5.33. The third-order valence-electron chi connectivity index (χ3n) is 4.01. The molecular weight excluding hydrogens is 348 g/mol. The predicted molar refractivity (Wildman–Crippen MR) is 104 cm³/mol. The van der Waals surface area contributed by atoms with E-state index in [4.69, 9.17) is 4.98 Å². The molecule has 0 amide bonds. The van der Waals surface area contributed by atoms with Crippen molar-refractivity contribution in [3.8, 4) is 0 Å². The lowest BCUT2D eigenvalue weighted by molar-refractivity contribution is 1.11. The first kappa shape index (κ1) is 14.7. The Morgan fingerprint density at radius 2 is 2.00 bits per heavy atom. The van der Waals surface area contributed by atoms with Crippen molar-refractivity contribution in [2.45, 2.75) is 10.8 Å². The molecule has 4 aromatic heterocycles. The average molecular weight is 360 g/mol. The van der Waals surface area contributed by atoms with Crippen LogP contribution in [0.2, 0.25) is 0 Å². The first-order valence-electron chi connectivity index (χ1n) is 7.83. The molecule has 0 fully saturated rings. The maximum absolute atomic E-state index is 4.81. The lowest BCUT2D eigenvalue weighted by atomic mass is 10.2. The van der Waals surface area contributed by atoms with Gasteiger partial charge in [-0.05, 0) is 23.8 Å². The summed E-state index contributed by atoms with van der Waals surface area (Å²) in [4.78, 5) is 19.0. The van der Waals surface area contributed by atoms with Crippen molar-refractivity contribution in [1.29, 1.82) is 0 Å². The van der Waals surface area contributed by atoms with Crippen LogP contribution in [0.15, 0.2) is 66.2 Å². The zero-order chi connectivity index (χ0) is 16.6. The molecule has 5 rings (SSSR count). The molecule has 0 unspecified atom stereocenters. The molecule has 0 aliphatic carbocycles. The van der Waals surface area contributed by atoms with Crippen LogP contribution >= 0.6 is 23.1 Å². The zero-order valence-corrected chi connectivity index (χ0v) is 14.7. The molecule has 0 bridgehead atoms. The van der Waals surface area contributed by atoms with Gasteiger partial charge in [0, 0.05) is 28.9 Å². The minimum Gasteiger partial charge on any atom is -0.264 e. The highest BCUT2D eigenvalue weighted by atomic mass is 32.2. The fourth-order valence-corrected chi connectivity index (χ4v) is 4.95. The van der Waals surface area contributed by atoms with Crippen molar-refractivity contribution < 1.29 is 0 Å². The van der Waals surface area contributed by atoms with Gasteiger partial charge in [0.15, 0.2) is 0 Å². The van der Waals surface area contributed by atoms with Gasteiger partial charge in [0.05, 0.1) is 15.7 Å². The SMILES string of the molecule is c1cncc(CSc2ncnc3c2sc2nc4ccccc4cc23)c1. The van der Waals surface area contributed by atoms with Gasteiger partial charge in [-0.15, -0.1) is 23.1 Å². The largest absolute Gasteiger partial charge is 0.264 e. The smallest absolute Gasteiger partial charge is 0.126 e. The second-order valence-corrected chi connectivity index (χ2v) is 7.61. The molecular formula is C19H12N4S2. The molecule has 120 valence electrons. The minimum absolute atomic E-state index is 0.837. The summed E-state index contributed by atoms with van der Waals surface area (Å²) >= 11 is 3.38. The Morgan fingerprint density at radius 3 is 2.92 bits per heavy atom. The van der Waals surface area contributed by atoms with Gasteiger partial charge < -0.3 is 0 Å². The topological polar surface area (TPSA) is 51.6 Å². The maximum Gasteiger partial charge on any atom is 0.126 e. The number of hydrogen-bond acceptors (Lipinski definition) is 6. The zero-order valence-electron chi connectivity index (χ0n) is 13.1. The highest BCUT2D eigenvalue weighted by Gasteiger charge is 2.13. The summed E-state index contributed by atoms with van der Waals surface area (Å²) in [6.45, 7) is 0. The number of rotatable bonds is 3. The van der Waals surface area contributed by atoms with Gasteiger partial charge in [0.1, 0.15) is 16.2 Å². The second-order valence-electron chi connectivity index (χ2n) is 5.64. The molecule has 4 heterocycles. The number of para-hydroxylation sites is 1. The Morgan fingerprint density at radius 1 is 1.04 bits per heavy atom. The van der Waals surface area contributed by atoms with Crippen LogP contribution in [0.25, 0.3) is 31.3 Å². The maximum atomic E-state index is 4.81. The Labute approximate surface area is 152 Å². The van der Waals surface area contributed by atoms with Gasteiger partial charge in [-0.1, -0.05) is 24.3 Å². The summed E-state index contributed by atoms with van der Waals surface area (Å²) in [6, 6.07) is 14.4. The molecule has 6 heteroatoms. The van der Waals surface area contributed by atoms with E-state index in [-0.39, 0.29) is 0 Å². The number of nitrogens with zero attached hydrogens (tertiary/aromatic N) is 4. The molecule has 0 saturated carbocycles. The van der Waals surface area contributed by atoms with E-state index in [0.29, 0.717) is 0 Å². The summed E-state index contributed by atoms with van der Waals surface area (Å²) in [7, 11) is 0. The summed E-state index contributed by atoms with van der Waals surface area (Å²) in [5.74, 6) is 0.837. The van der Waals surface area contributed by atoms with Crippen molar-refractivity contribution >= 4 is 54.4 Å². The second kappa shape index (κ2) is 6.06. The van der Waals surface area contributed by atoms with Gasteiger partial charge in [-0.3, -0.25) is 4.98 Å². The quantitative estimate of drug-likeness (QED) is 0.332. The van der Waals surface area contributed by atoms with Crippen molar-refractivity contribution in [3.63, 3.8) is 0 Å². The van der Waals surface area contributed by atoms with Crippen molar-refractivity contribution in [1.82, 2.24) is 19.9 Å². The van der Waals surface area contributed by atoms with E-state index in [1.165, 1.54) is 5.56 Å². The highest BCUT2D eigenvalue weighted by molar-refractivity contribution is 7.98. The lowest BCUT2D eigenvalue weighted by Gasteiger charge is -2.01. The number of pyridine rings is 2. The number of aromatic nitrogens is 4. The molecule has 4 nitrogen and oxygen atoms in total. The Balaban J connectivity index is 1.63. The van der Waals surface area contributed by atoms with Crippen LogP contribution in [0.3, 0.4) is 0 Å². The van der Waals surface area contributed by atoms with E-state index in [2.05, 4.69) is 33.2 Å². The van der Waals surface area contributed by atoms with Crippen LogP contribution in [-0.4, -0.2) is 19.9 Å². The van der Waals surface area contributed by atoms with Gasteiger partial charge in [0.25, 0.3) is 0 Å². The van der Waals surface area contributed by atoms with Crippen LogP contribution < -0.4 is 0 Å². The molecule has 0 radical (unpaired) electrons. The Kier molecular flexibility index (Phi) is 3.57.